The van der Waals surface area contributed by atoms with E-state index in [2.05, 4.69) is 5.32 Å². The fourth-order valence-electron chi connectivity index (χ4n) is 1.53. The second-order valence-electron chi connectivity index (χ2n) is 4.62. The number of carboxylic acids is 1. The average molecular weight is 251 g/mol. The predicted molar refractivity (Wildman–Crippen MR) is 71.0 cm³/mol. The first-order chi connectivity index (χ1) is 8.49. The molecule has 0 heterocycles. The molecule has 0 aliphatic rings. The second-order valence-corrected chi connectivity index (χ2v) is 4.62. The highest BCUT2D eigenvalue weighted by atomic mass is 16.5. The van der Waals surface area contributed by atoms with Crippen LogP contribution in [0, 0.1) is 6.92 Å². The van der Waals surface area contributed by atoms with Gasteiger partial charge in [-0.2, -0.15) is 0 Å². The molecule has 1 unspecified atom stereocenters. The Morgan fingerprint density at radius 2 is 2.11 bits per heavy atom. The minimum absolute atomic E-state index is 0.104. The van der Waals surface area contributed by atoms with Crippen LogP contribution in [-0.2, 0) is 4.79 Å². The molecule has 0 saturated carbocycles. The lowest BCUT2D eigenvalue weighted by Crippen LogP contribution is -2.54. The molecule has 100 valence electrons. The summed E-state index contributed by atoms with van der Waals surface area (Å²) >= 11 is 0. The number of nitrogens with one attached hydrogen (secondary N) is 1. The average Bonchev–Trinajstić information content (AvgIpc) is 2.35. The van der Waals surface area contributed by atoms with Crippen molar-refractivity contribution in [3.8, 4) is 5.75 Å². The number of benzene rings is 1. The van der Waals surface area contributed by atoms with Crippen LogP contribution in [0.25, 0.3) is 0 Å². The standard InChI is InChI=1S/C14H21NO3/c1-4-9-15-14(3,13(16)17)10-18-12-8-6-5-7-11(12)2/h5-8,15H,4,9-10H2,1-3H3,(H,16,17). The molecule has 1 atom stereocenters. The molecule has 1 aromatic carbocycles. The molecule has 2 N–H and O–H groups in total. The number of aryl methyl sites for hydroxylation is 1. The van der Waals surface area contributed by atoms with Crippen LogP contribution < -0.4 is 10.1 Å². The maximum Gasteiger partial charge on any atom is 0.327 e. The van der Waals surface area contributed by atoms with E-state index in [1.165, 1.54) is 0 Å². The minimum atomic E-state index is -1.06. The largest absolute Gasteiger partial charge is 0.491 e. The molecule has 0 bridgehead atoms. The van der Waals surface area contributed by atoms with Gasteiger partial charge < -0.3 is 9.84 Å². The Morgan fingerprint density at radius 3 is 2.67 bits per heavy atom. The first kappa shape index (κ1) is 14.5. The Kier molecular flexibility index (Phi) is 5.16. The van der Waals surface area contributed by atoms with Crippen molar-refractivity contribution < 1.29 is 14.6 Å². The number of rotatable bonds is 7. The Labute approximate surface area is 108 Å². The zero-order valence-electron chi connectivity index (χ0n) is 11.2. The summed E-state index contributed by atoms with van der Waals surface area (Å²) in [5.41, 5.74) is -0.0566. The number of carboxylic acid groups (broad SMARTS) is 1. The van der Waals surface area contributed by atoms with Gasteiger partial charge in [-0.05, 0) is 38.4 Å². The summed E-state index contributed by atoms with van der Waals surface area (Å²) in [6, 6.07) is 7.58. The summed E-state index contributed by atoms with van der Waals surface area (Å²) in [5, 5.41) is 12.3. The highest BCUT2D eigenvalue weighted by Crippen LogP contribution is 2.18. The lowest BCUT2D eigenvalue weighted by Gasteiger charge is -2.26. The fraction of sp³-hybridized carbons (Fsp3) is 0.500. The molecular formula is C14H21NO3. The molecule has 0 spiro atoms. The zero-order valence-corrected chi connectivity index (χ0v) is 11.2. The van der Waals surface area contributed by atoms with Gasteiger partial charge in [0.15, 0.2) is 0 Å². The first-order valence-corrected chi connectivity index (χ1v) is 6.16. The first-order valence-electron chi connectivity index (χ1n) is 6.16. The number of hydrogen-bond acceptors (Lipinski definition) is 3. The Hall–Kier alpha value is -1.55. The number of aliphatic carboxylic acids is 1. The molecule has 0 fully saturated rings. The summed E-state index contributed by atoms with van der Waals surface area (Å²) in [5.74, 6) is -0.173. The molecule has 0 aliphatic heterocycles. The van der Waals surface area contributed by atoms with E-state index in [1.807, 2.05) is 38.1 Å². The number of para-hydroxylation sites is 1. The van der Waals surface area contributed by atoms with Gasteiger partial charge in [0.25, 0.3) is 0 Å². The van der Waals surface area contributed by atoms with E-state index in [1.54, 1.807) is 6.92 Å². The van der Waals surface area contributed by atoms with E-state index in [-0.39, 0.29) is 6.61 Å². The van der Waals surface area contributed by atoms with Crippen molar-refractivity contribution in [2.75, 3.05) is 13.2 Å². The van der Waals surface area contributed by atoms with Gasteiger partial charge in [0, 0.05) is 0 Å². The van der Waals surface area contributed by atoms with Gasteiger partial charge in [-0.25, -0.2) is 0 Å². The summed E-state index contributed by atoms with van der Waals surface area (Å²) < 4.78 is 5.62. The predicted octanol–water partition coefficient (Wildman–Crippen LogP) is 2.22. The maximum atomic E-state index is 11.3. The molecule has 0 saturated heterocycles. The molecule has 0 radical (unpaired) electrons. The van der Waals surface area contributed by atoms with Crippen molar-refractivity contribution in [2.45, 2.75) is 32.7 Å². The number of carbonyl (C=O) groups is 1. The highest BCUT2D eigenvalue weighted by Gasteiger charge is 2.33. The second kappa shape index (κ2) is 6.40. The lowest BCUT2D eigenvalue weighted by molar-refractivity contribution is -0.145. The molecular weight excluding hydrogens is 230 g/mol. The van der Waals surface area contributed by atoms with Crippen molar-refractivity contribution in [1.29, 1.82) is 0 Å². The van der Waals surface area contributed by atoms with E-state index in [9.17, 15) is 9.90 Å². The Balaban J connectivity index is 2.68. The monoisotopic (exact) mass is 251 g/mol. The molecule has 0 amide bonds. The van der Waals surface area contributed by atoms with Gasteiger partial charge in [-0.1, -0.05) is 25.1 Å². The van der Waals surface area contributed by atoms with Crippen LogP contribution in [-0.4, -0.2) is 29.8 Å². The third kappa shape index (κ3) is 3.74. The summed E-state index contributed by atoms with van der Waals surface area (Å²) in [4.78, 5) is 11.3. The molecule has 0 aromatic heterocycles. The van der Waals surface area contributed by atoms with Gasteiger partial charge in [0.2, 0.25) is 0 Å². The Morgan fingerprint density at radius 1 is 1.44 bits per heavy atom. The summed E-state index contributed by atoms with van der Waals surface area (Å²) in [6.07, 6.45) is 0.882. The van der Waals surface area contributed by atoms with Crippen LogP contribution in [0.5, 0.6) is 5.75 Å². The van der Waals surface area contributed by atoms with Gasteiger partial charge in [-0.15, -0.1) is 0 Å². The smallest absolute Gasteiger partial charge is 0.327 e. The molecule has 18 heavy (non-hydrogen) atoms. The van der Waals surface area contributed by atoms with Crippen molar-refractivity contribution in [3.05, 3.63) is 29.8 Å². The van der Waals surface area contributed by atoms with Crippen molar-refractivity contribution in [3.63, 3.8) is 0 Å². The maximum absolute atomic E-state index is 11.3. The van der Waals surface area contributed by atoms with E-state index in [4.69, 9.17) is 4.74 Å². The van der Waals surface area contributed by atoms with Crippen LogP contribution in [0.4, 0.5) is 0 Å². The summed E-state index contributed by atoms with van der Waals surface area (Å²) in [7, 11) is 0. The SMILES string of the molecule is CCCNC(C)(COc1ccccc1C)C(=O)O. The van der Waals surface area contributed by atoms with Gasteiger partial charge in [-0.3, -0.25) is 10.1 Å². The lowest BCUT2D eigenvalue weighted by atomic mass is 10.0. The van der Waals surface area contributed by atoms with Crippen LogP contribution in [0.1, 0.15) is 25.8 Å². The third-order valence-corrected chi connectivity index (χ3v) is 2.85. The van der Waals surface area contributed by atoms with E-state index >= 15 is 0 Å². The van der Waals surface area contributed by atoms with Gasteiger partial charge in [0.05, 0.1) is 0 Å². The van der Waals surface area contributed by atoms with Crippen LogP contribution in [0.3, 0.4) is 0 Å². The molecule has 1 rings (SSSR count). The molecule has 0 aliphatic carbocycles. The van der Waals surface area contributed by atoms with Crippen LogP contribution in [0.2, 0.25) is 0 Å². The molecule has 1 aromatic rings. The van der Waals surface area contributed by atoms with E-state index in [0.717, 1.165) is 17.7 Å². The van der Waals surface area contributed by atoms with E-state index < -0.39 is 11.5 Å². The van der Waals surface area contributed by atoms with Crippen molar-refractivity contribution >= 4 is 5.97 Å². The topological polar surface area (TPSA) is 58.6 Å². The van der Waals surface area contributed by atoms with Crippen molar-refractivity contribution in [1.82, 2.24) is 5.32 Å². The number of hydrogen-bond donors (Lipinski definition) is 2. The molecule has 4 nitrogen and oxygen atoms in total. The van der Waals surface area contributed by atoms with E-state index in [0.29, 0.717) is 6.54 Å². The van der Waals surface area contributed by atoms with Gasteiger partial charge >= 0.3 is 5.97 Å². The van der Waals surface area contributed by atoms with Gasteiger partial charge in [0.1, 0.15) is 17.9 Å². The molecule has 4 heteroatoms. The fourth-order valence-corrected chi connectivity index (χ4v) is 1.53. The normalized spacial score (nSPS) is 13.9. The highest BCUT2D eigenvalue weighted by molar-refractivity contribution is 5.78. The quantitative estimate of drug-likeness (QED) is 0.780. The zero-order chi connectivity index (χ0) is 13.6. The van der Waals surface area contributed by atoms with Crippen LogP contribution >= 0.6 is 0 Å². The summed E-state index contributed by atoms with van der Waals surface area (Å²) in [6.45, 7) is 6.33. The Bertz CT molecular complexity index is 406. The van der Waals surface area contributed by atoms with Crippen LogP contribution in [0.15, 0.2) is 24.3 Å². The minimum Gasteiger partial charge on any atom is -0.491 e. The number of ether oxygens (including phenoxy) is 1. The van der Waals surface area contributed by atoms with Crippen molar-refractivity contribution in [2.24, 2.45) is 0 Å². The third-order valence-electron chi connectivity index (χ3n) is 2.85.